The fourth-order valence-corrected chi connectivity index (χ4v) is 2.30. The van der Waals surface area contributed by atoms with Crippen molar-refractivity contribution in [1.82, 2.24) is 0 Å². The molecule has 38 heavy (non-hydrogen) atoms. The molecule has 0 saturated carbocycles. The van der Waals surface area contributed by atoms with E-state index in [4.69, 9.17) is 9.47 Å². The van der Waals surface area contributed by atoms with Crippen LogP contribution in [-0.4, -0.2) is 34.1 Å². The SMILES string of the molecule is C=CCOc1ccc(C(=O)Oc2ccc(-c3cc[c-]cc3)cc2)cc1.CF.CF.CF.[CH-]=C.[V+2].[V].[V].[V].[V]. The van der Waals surface area contributed by atoms with Crippen LogP contribution in [0.2, 0.25) is 0 Å². The van der Waals surface area contributed by atoms with Gasteiger partial charge in [0.1, 0.15) is 18.1 Å². The van der Waals surface area contributed by atoms with E-state index in [9.17, 15) is 18.0 Å². The number of alkyl halides is 3. The van der Waals surface area contributed by atoms with Crippen molar-refractivity contribution < 1.29 is 120 Å². The van der Waals surface area contributed by atoms with Gasteiger partial charge >= 0.3 is 24.5 Å². The fraction of sp³-hybridized carbons (Fsp3) is 0.148. The standard InChI is InChI=1S/C22H17O3.C2H3.3CH3F.5V/c1-2-16-24-20-12-10-19(11-13-20)22(23)25-21-14-8-18(9-15-21)17-6-4-3-5-7-17;4*1-2;;;;;/h2,4-15H,1,16H2;1H,2H2;3*1H3;;;;;/q2*-1;;;;;;;;+2. The molecule has 0 unspecified atom stereocenters. The number of carbonyl (C=O) groups is 1. The zero-order valence-electron chi connectivity index (χ0n) is 21.3. The van der Waals surface area contributed by atoms with Crippen molar-refractivity contribution in [2.24, 2.45) is 0 Å². The van der Waals surface area contributed by atoms with Gasteiger partial charge < -0.3 is 16.1 Å². The fourth-order valence-electron chi connectivity index (χ4n) is 2.30. The molecule has 0 aliphatic heterocycles. The summed E-state index contributed by atoms with van der Waals surface area (Å²) in [6.07, 6.45) is 1.67. The first-order valence-corrected chi connectivity index (χ1v) is 9.43. The van der Waals surface area contributed by atoms with Crippen molar-refractivity contribution in [3.05, 3.63) is 110 Å². The molecule has 0 aliphatic carbocycles. The van der Waals surface area contributed by atoms with E-state index in [1.807, 2.05) is 36.4 Å². The summed E-state index contributed by atoms with van der Waals surface area (Å²) in [5.41, 5.74) is 2.61. The van der Waals surface area contributed by atoms with Crippen molar-refractivity contribution in [1.29, 1.82) is 0 Å². The Kier molecular flexibility index (Phi) is 53.8. The summed E-state index contributed by atoms with van der Waals surface area (Å²) < 4.78 is 39.3. The normalized spacial score (nSPS) is 7.21. The number of halogens is 3. The Morgan fingerprint density at radius 2 is 1.16 bits per heavy atom. The molecule has 5 radical (unpaired) electrons. The Balaban J connectivity index is -0.000000136. The molecule has 0 saturated heterocycles. The van der Waals surface area contributed by atoms with E-state index in [1.165, 1.54) is 0 Å². The van der Waals surface area contributed by atoms with Gasteiger partial charge in [-0.05, 0) is 42.0 Å². The molecule has 201 valence electrons. The molecule has 11 heteroatoms. The predicted molar refractivity (Wildman–Crippen MR) is 129 cm³/mol. The average molecular weight is 713 g/mol. The molecule has 0 atom stereocenters. The molecule has 0 fully saturated rings. The first-order valence-electron chi connectivity index (χ1n) is 9.43. The van der Waals surface area contributed by atoms with E-state index in [0.717, 1.165) is 11.1 Å². The van der Waals surface area contributed by atoms with Crippen LogP contribution in [-0.2, 0) is 92.8 Å². The van der Waals surface area contributed by atoms with Crippen LogP contribution >= 0.6 is 0 Å². The van der Waals surface area contributed by atoms with Gasteiger partial charge in [-0.1, -0.05) is 24.8 Å². The maximum atomic E-state index is 12.2. The predicted octanol–water partition coefficient (Wildman–Crippen LogP) is 7.29. The molecule has 3 aromatic rings. The van der Waals surface area contributed by atoms with Crippen LogP contribution in [0.5, 0.6) is 11.5 Å². The van der Waals surface area contributed by atoms with Gasteiger partial charge in [0.05, 0.1) is 27.1 Å². The molecule has 3 nitrogen and oxygen atoms in total. The van der Waals surface area contributed by atoms with Crippen LogP contribution in [0, 0.1) is 12.6 Å². The summed E-state index contributed by atoms with van der Waals surface area (Å²) in [4.78, 5) is 12.2. The molecule has 3 rings (SSSR count). The minimum Gasteiger partial charge on any atom is -0.521 e. The minimum absolute atomic E-state index is 0. The molecule has 0 aromatic heterocycles. The molecule has 0 bridgehead atoms. The molecule has 0 spiro atoms. The Bertz CT molecular complexity index is 887. The number of rotatable bonds is 6. The van der Waals surface area contributed by atoms with Crippen molar-refractivity contribution >= 4 is 5.97 Å². The van der Waals surface area contributed by atoms with E-state index in [2.05, 4.69) is 25.8 Å². The van der Waals surface area contributed by atoms with E-state index in [0.29, 0.717) is 45.2 Å². The van der Waals surface area contributed by atoms with Crippen LogP contribution in [0.25, 0.3) is 11.1 Å². The summed E-state index contributed by atoms with van der Waals surface area (Å²) in [5.74, 6) is 0.779. The quantitative estimate of drug-likeness (QED) is 0.117. The number of hydrogen-bond acceptors (Lipinski definition) is 3. The van der Waals surface area contributed by atoms with Gasteiger partial charge in [0, 0.05) is 74.2 Å². The van der Waals surface area contributed by atoms with Crippen LogP contribution < -0.4 is 9.47 Å². The summed E-state index contributed by atoms with van der Waals surface area (Å²) in [7, 11) is 1.50. The molecular formula is C27H29F3O3V5. The second kappa shape index (κ2) is 38.3. The molecule has 0 aliphatic rings. The van der Waals surface area contributed by atoms with Gasteiger partial charge in [0.15, 0.2) is 0 Å². The maximum absolute atomic E-state index is 12.2. The third-order valence-electron chi connectivity index (χ3n) is 3.57. The number of esters is 1. The second-order valence-corrected chi connectivity index (χ2v) is 5.33. The zero-order chi connectivity index (χ0) is 25.5. The summed E-state index contributed by atoms with van der Waals surface area (Å²) in [6, 6.07) is 24.9. The summed E-state index contributed by atoms with van der Waals surface area (Å²) in [6.45, 7) is 11.0. The third kappa shape index (κ3) is 22.0. The zero-order valence-corrected chi connectivity index (χ0v) is 28.3. The van der Waals surface area contributed by atoms with Gasteiger partial charge in [-0.2, -0.15) is 30.3 Å². The van der Waals surface area contributed by atoms with E-state index in [-0.39, 0.29) is 92.8 Å². The first kappa shape index (κ1) is 53.4. The van der Waals surface area contributed by atoms with Gasteiger partial charge in [0.25, 0.3) is 0 Å². The van der Waals surface area contributed by atoms with Crippen LogP contribution in [0.3, 0.4) is 0 Å². The van der Waals surface area contributed by atoms with E-state index in [1.54, 1.807) is 42.5 Å². The summed E-state index contributed by atoms with van der Waals surface area (Å²) in [5, 5.41) is 0. The molecule has 0 amide bonds. The molecular weight excluding hydrogens is 684 g/mol. The maximum Gasteiger partial charge on any atom is 2.00 e. The number of ether oxygens (including phenoxy) is 2. The van der Waals surface area contributed by atoms with Crippen molar-refractivity contribution in [2.45, 2.75) is 0 Å². The van der Waals surface area contributed by atoms with Crippen LogP contribution in [0.4, 0.5) is 13.2 Å². The van der Waals surface area contributed by atoms with E-state index >= 15 is 0 Å². The van der Waals surface area contributed by atoms with Gasteiger partial charge in [-0.3, -0.25) is 19.8 Å². The Morgan fingerprint density at radius 1 is 0.763 bits per heavy atom. The van der Waals surface area contributed by atoms with Crippen LogP contribution in [0.15, 0.2) is 92.0 Å². The van der Waals surface area contributed by atoms with Gasteiger partial charge in [0.2, 0.25) is 0 Å². The van der Waals surface area contributed by atoms with Gasteiger partial charge in [-0.25, -0.2) is 4.79 Å². The number of carbonyl (C=O) groups excluding carboxylic acids is 1. The first-order chi connectivity index (χ1) is 16.3. The van der Waals surface area contributed by atoms with Crippen molar-refractivity contribution in [2.75, 3.05) is 28.1 Å². The van der Waals surface area contributed by atoms with Gasteiger partial charge in [-0.15, -0.1) is 5.56 Å². The Labute approximate surface area is 284 Å². The minimum atomic E-state index is -0.405. The van der Waals surface area contributed by atoms with E-state index < -0.39 is 5.97 Å². The molecule has 0 N–H and O–H groups in total. The van der Waals surface area contributed by atoms with Crippen LogP contribution in [0.1, 0.15) is 10.4 Å². The topological polar surface area (TPSA) is 35.5 Å². The monoisotopic (exact) mass is 713 g/mol. The third-order valence-corrected chi connectivity index (χ3v) is 3.57. The molecule has 3 aromatic carbocycles. The Morgan fingerprint density at radius 3 is 1.58 bits per heavy atom. The Hall–Kier alpha value is -0.878. The second-order valence-electron chi connectivity index (χ2n) is 5.33. The number of hydrogen-bond donors (Lipinski definition) is 0. The van der Waals surface area contributed by atoms with Crippen molar-refractivity contribution in [3.63, 3.8) is 0 Å². The summed E-state index contributed by atoms with van der Waals surface area (Å²) >= 11 is 0. The van der Waals surface area contributed by atoms with Crippen molar-refractivity contribution in [3.8, 4) is 22.6 Å². The molecule has 0 heterocycles. The smallest absolute Gasteiger partial charge is 0.521 e. The number of benzene rings is 3. The average Bonchev–Trinajstić information content (AvgIpc) is 2.93. The largest absolute Gasteiger partial charge is 2.00 e.